The van der Waals surface area contributed by atoms with E-state index in [0.717, 1.165) is 6.07 Å². The van der Waals surface area contributed by atoms with Crippen LogP contribution in [0, 0.1) is 10.1 Å². The summed E-state index contributed by atoms with van der Waals surface area (Å²) in [5.41, 5.74) is -1.59. The Balaban J connectivity index is 3.45. The molecule has 0 aliphatic heterocycles. The van der Waals surface area contributed by atoms with Crippen LogP contribution in [0.15, 0.2) is 6.07 Å². The van der Waals surface area contributed by atoms with Crippen LogP contribution >= 0.6 is 23.2 Å². The van der Waals surface area contributed by atoms with E-state index in [9.17, 15) is 18.9 Å². The van der Waals surface area contributed by atoms with Gasteiger partial charge in [-0.1, -0.05) is 11.6 Å². The van der Waals surface area contributed by atoms with E-state index < -0.39 is 28.6 Å². The van der Waals surface area contributed by atoms with E-state index in [1.165, 1.54) is 0 Å². The number of hydrogen-bond acceptors (Lipinski definition) is 3. The first-order chi connectivity index (χ1) is 6.97. The molecule has 0 N–H and O–H groups in total. The van der Waals surface area contributed by atoms with Crippen LogP contribution < -0.4 is 0 Å². The standard InChI is InChI=1S/C7H4Cl2F2N2O2/c8-2-3-4(13(14)15)1-5(9)12-6(3)7(10)11/h1,7H,2H2. The molecule has 0 radical (unpaired) electrons. The van der Waals surface area contributed by atoms with Gasteiger partial charge in [0.15, 0.2) is 0 Å². The summed E-state index contributed by atoms with van der Waals surface area (Å²) in [5, 5.41) is 10.2. The molecule has 0 bridgehead atoms. The number of alkyl halides is 3. The molecule has 1 rings (SSSR count). The Labute approximate surface area is 93.0 Å². The molecule has 1 aromatic heterocycles. The summed E-state index contributed by atoms with van der Waals surface area (Å²) in [7, 11) is 0. The highest BCUT2D eigenvalue weighted by molar-refractivity contribution is 6.29. The molecular weight excluding hydrogens is 253 g/mol. The zero-order valence-corrected chi connectivity index (χ0v) is 8.60. The Hall–Kier alpha value is -1.01. The van der Waals surface area contributed by atoms with Crippen molar-refractivity contribution in [2.45, 2.75) is 12.3 Å². The van der Waals surface area contributed by atoms with Crippen molar-refractivity contribution in [3.8, 4) is 0 Å². The second-order valence-corrected chi connectivity index (χ2v) is 3.17. The molecule has 0 unspecified atom stereocenters. The SMILES string of the molecule is O=[N+]([O-])c1cc(Cl)nc(C(F)F)c1CCl. The normalized spacial score (nSPS) is 10.7. The first-order valence-electron chi connectivity index (χ1n) is 3.65. The lowest BCUT2D eigenvalue weighted by Crippen LogP contribution is -2.02. The predicted octanol–water partition coefficient (Wildman–Crippen LogP) is 3.32. The van der Waals surface area contributed by atoms with Crippen molar-refractivity contribution in [2.24, 2.45) is 0 Å². The van der Waals surface area contributed by atoms with Crippen molar-refractivity contribution >= 4 is 28.9 Å². The van der Waals surface area contributed by atoms with Crippen molar-refractivity contribution in [3.63, 3.8) is 0 Å². The van der Waals surface area contributed by atoms with E-state index in [4.69, 9.17) is 23.2 Å². The second kappa shape index (κ2) is 4.67. The highest BCUT2D eigenvalue weighted by Crippen LogP contribution is 2.31. The van der Waals surface area contributed by atoms with Crippen molar-refractivity contribution in [1.29, 1.82) is 0 Å². The van der Waals surface area contributed by atoms with Gasteiger partial charge in [-0.25, -0.2) is 13.8 Å². The van der Waals surface area contributed by atoms with Gasteiger partial charge in [0.25, 0.3) is 12.1 Å². The Morgan fingerprint density at radius 1 is 1.60 bits per heavy atom. The van der Waals surface area contributed by atoms with E-state index in [1.54, 1.807) is 0 Å². The maximum Gasteiger partial charge on any atom is 0.280 e. The lowest BCUT2D eigenvalue weighted by atomic mass is 10.2. The summed E-state index contributed by atoms with van der Waals surface area (Å²) < 4.78 is 24.9. The van der Waals surface area contributed by atoms with Gasteiger partial charge in [-0.3, -0.25) is 10.1 Å². The Bertz CT molecular complexity index is 401. The third kappa shape index (κ3) is 2.51. The topological polar surface area (TPSA) is 56.0 Å². The lowest BCUT2D eigenvalue weighted by molar-refractivity contribution is -0.385. The molecule has 0 fully saturated rings. The van der Waals surface area contributed by atoms with Crippen molar-refractivity contribution in [1.82, 2.24) is 4.98 Å². The highest BCUT2D eigenvalue weighted by atomic mass is 35.5. The van der Waals surface area contributed by atoms with Gasteiger partial charge in [0.2, 0.25) is 0 Å². The van der Waals surface area contributed by atoms with E-state index in [-0.39, 0.29) is 10.7 Å². The summed E-state index contributed by atoms with van der Waals surface area (Å²) in [5.74, 6) is -0.417. The van der Waals surface area contributed by atoms with Crippen LogP contribution in [0.1, 0.15) is 17.7 Å². The van der Waals surface area contributed by atoms with E-state index in [0.29, 0.717) is 0 Å². The van der Waals surface area contributed by atoms with Crippen LogP contribution in [-0.2, 0) is 5.88 Å². The number of nitro groups is 1. The molecule has 0 aliphatic carbocycles. The Morgan fingerprint density at radius 2 is 2.20 bits per heavy atom. The van der Waals surface area contributed by atoms with Crippen LogP contribution in [0.4, 0.5) is 14.5 Å². The number of rotatable bonds is 3. The largest absolute Gasteiger partial charge is 0.280 e. The molecule has 15 heavy (non-hydrogen) atoms. The second-order valence-electron chi connectivity index (χ2n) is 2.52. The number of nitrogens with zero attached hydrogens (tertiary/aromatic N) is 2. The van der Waals surface area contributed by atoms with Crippen LogP contribution in [0.3, 0.4) is 0 Å². The minimum absolute atomic E-state index is 0.305. The fourth-order valence-corrected chi connectivity index (χ4v) is 1.49. The van der Waals surface area contributed by atoms with Gasteiger partial charge in [-0.2, -0.15) is 0 Å². The van der Waals surface area contributed by atoms with Crippen molar-refractivity contribution < 1.29 is 13.7 Å². The fraction of sp³-hybridized carbons (Fsp3) is 0.286. The zero-order valence-electron chi connectivity index (χ0n) is 7.08. The molecule has 0 saturated carbocycles. The van der Waals surface area contributed by atoms with Gasteiger partial charge in [-0.05, 0) is 0 Å². The first-order valence-corrected chi connectivity index (χ1v) is 4.56. The average Bonchev–Trinajstić information content (AvgIpc) is 2.16. The minimum atomic E-state index is -2.95. The van der Waals surface area contributed by atoms with Crippen LogP contribution in [0.2, 0.25) is 5.15 Å². The molecule has 0 aliphatic rings. The smallest absolute Gasteiger partial charge is 0.258 e. The van der Waals surface area contributed by atoms with Crippen LogP contribution in [0.25, 0.3) is 0 Å². The van der Waals surface area contributed by atoms with Crippen LogP contribution in [0.5, 0.6) is 0 Å². The maximum absolute atomic E-state index is 12.4. The fourth-order valence-electron chi connectivity index (χ4n) is 1.03. The van der Waals surface area contributed by atoms with Crippen LogP contribution in [-0.4, -0.2) is 9.91 Å². The number of halogens is 4. The number of aromatic nitrogens is 1. The molecule has 0 saturated heterocycles. The summed E-state index contributed by atoms with van der Waals surface area (Å²) in [4.78, 5) is 13.0. The average molecular weight is 257 g/mol. The minimum Gasteiger partial charge on any atom is -0.258 e. The van der Waals surface area contributed by atoms with Gasteiger partial charge in [0, 0.05) is 0 Å². The quantitative estimate of drug-likeness (QED) is 0.361. The molecule has 82 valence electrons. The monoisotopic (exact) mass is 256 g/mol. The van der Waals surface area contributed by atoms with Gasteiger partial charge in [0.1, 0.15) is 10.8 Å². The molecule has 0 aromatic carbocycles. The highest BCUT2D eigenvalue weighted by Gasteiger charge is 2.24. The molecule has 1 heterocycles. The summed E-state index contributed by atoms with van der Waals surface area (Å²) in [6.45, 7) is 0. The summed E-state index contributed by atoms with van der Waals surface area (Å²) in [6.07, 6.45) is -2.95. The third-order valence-electron chi connectivity index (χ3n) is 1.64. The van der Waals surface area contributed by atoms with Crippen molar-refractivity contribution in [3.05, 3.63) is 32.6 Å². The first kappa shape index (κ1) is 12.1. The third-order valence-corrected chi connectivity index (χ3v) is 2.10. The van der Waals surface area contributed by atoms with Gasteiger partial charge in [0.05, 0.1) is 22.4 Å². The number of hydrogen-bond donors (Lipinski definition) is 0. The molecule has 4 nitrogen and oxygen atoms in total. The Morgan fingerprint density at radius 3 is 2.60 bits per heavy atom. The van der Waals surface area contributed by atoms with E-state index >= 15 is 0 Å². The molecule has 0 atom stereocenters. The molecule has 0 spiro atoms. The summed E-state index contributed by atoms with van der Waals surface area (Å²) in [6, 6.07) is 0.894. The molecule has 1 aromatic rings. The van der Waals surface area contributed by atoms with Gasteiger partial charge in [-0.15, -0.1) is 11.6 Å². The zero-order chi connectivity index (χ0) is 11.6. The van der Waals surface area contributed by atoms with Crippen molar-refractivity contribution in [2.75, 3.05) is 0 Å². The Kier molecular flexibility index (Phi) is 3.76. The molecule has 8 heteroatoms. The van der Waals surface area contributed by atoms with Gasteiger partial charge < -0.3 is 0 Å². The van der Waals surface area contributed by atoms with Gasteiger partial charge >= 0.3 is 0 Å². The predicted molar refractivity (Wildman–Crippen MR) is 50.4 cm³/mol. The summed E-state index contributed by atoms with van der Waals surface area (Å²) >= 11 is 10.7. The maximum atomic E-state index is 12.4. The number of pyridine rings is 1. The molecule has 0 amide bonds. The lowest BCUT2D eigenvalue weighted by Gasteiger charge is -2.06. The molecular formula is C7H4Cl2F2N2O2. The van der Waals surface area contributed by atoms with E-state index in [2.05, 4.69) is 4.98 Å². The van der Waals surface area contributed by atoms with E-state index in [1.807, 2.05) is 0 Å².